The van der Waals surface area contributed by atoms with Crippen molar-refractivity contribution in [2.45, 2.75) is 44.1 Å². The smallest absolute Gasteiger partial charge is 0.240 e. The summed E-state index contributed by atoms with van der Waals surface area (Å²) in [5.41, 5.74) is 10.8. The van der Waals surface area contributed by atoms with Gasteiger partial charge in [0, 0.05) is 11.4 Å². The number of anilines is 2. The maximum Gasteiger partial charge on any atom is 0.240 e. The summed E-state index contributed by atoms with van der Waals surface area (Å²) in [5, 5.41) is 0. The average Bonchev–Trinajstić information content (AvgIpc) is 2.77. The van der Waals surface area contributed by atoms with Crippen molar-refractivity contribution < 1.29 is 4.79 Å². The first kappa shape index (κ1) is 19.3. The lowest BCUT2D eigenvalue weighted by Crippen LogP contribution is -2.42. The summed E-state index contributed by atoms with van der Waals surface area (Å²) < 4.78 is 0. The Balaban J connectivity index is 1.61. The Bertz CT molecular complexity index is 900. The molecule has 0 heterocycles. The van der Waals surface area contributed by atoms with Crippen LogP contribution in [-0.4, -0.2) is 11.9 Å². The van der Waals surface area contributed by atoms with Crippen LogP contribution in [0.25, 0.3) is 0 Å². The number of carbonyl (C=O) groups is 1. The van der Waals surface area contributed by atoms with Crippen LogP contribution in [0.2, 0.25) is 0 Å². The highest BCUT2D eigenvalue weighted by Gasteiger charge is 2.28. The molecule has 2 atom stereocenters. The van der Waals surface area contributed by atoms with Crippen LogP contribution in [-0.2, 0) is 11.2 Å². The number of nitrogens with two attached hydrogens (primary N) is 1. The number of fused-ring (bicyclic) bond motifs is 1. The summed E-state index contributed by atoms with van der Waals surface area (Å²) in [5.74, 6) is 0.219. The van der Waals surface area contributed by atoms with Crippen molar-refractivity contribution in [2.24, 2.45) is 5.73 Å². The zero-order chi connectivity index (χ0) is 20.1. The standard InChI is InChI=1S/C26H28N2O/c27-26(29)25(19-18-21-12-9-11-20-10-7-8-17-24(20)21)28(22-13-3-1-4-14-22)23-15-5-2-6-16-23/h1-8,10,13-17,21,25H,9,11-12,18-19H2,(H2,27,29). The molecule has 0 radical (unpaired) electrons. The number of para-hydroxylation sites is 2. The molecule has 0 spiro atoms. The zero-order valence-electron chi connectivity index (χ0n) is 16.7. The molecule has 0 aromatic heterocycles. The van der Waals surface area contributed by atoms with Crippen molar-refractivity contribution in [3.63, 3.8) is 0 Å². The van der Waals surface area contributed by atoms with Gasteiger partial charge in [0.15, 0.2) is 0 Å². The Hall–Kier alpha value is -3.07. The van der Waals surface area contributed by atoms with Crippen LogP contribution < -0.4 is 10.6 Å². The van der Waals surface area contributed by atoms with Gasteiger partial charge in [0.2, 0.25) is 5.91 Å². The molecule has 0 saturated heterocycles. The van der Waals surface area contributed by atoms with E-state index in [0.29, 0.717) is 5.92 Å². The lowest BCUT2D eigenvalue weighted by Gasteiger charge is -2.33. The summed E-state index contributed by atoms with van der Waals surface area (Å²) in [4.78, 5) is 14.7. The summed E-state index contributed by atoms with van der Waals surface area (Å²) in [6.07, 6.45) is 5.24. The van der Waals surface area contributed by atoms with Crippen LogP contribution in [0, 0.1) is 0 Å². The number of hydrogen-bond donors (Lipinski definition) is 1. The molecule has 0 saturated carbocycles. The molecule has 2 unspecified atom stereocenters. The zero-order valence-corrected chi connectivity index (χ0v) is 16.7. The minimum absolute atomic E-state index is 0.276. The quantitative estimate of drug-likeness (QED) is 0.578. The van der Waals surface area contributed by atoms with Gasteiger partial charge < -0.3 is 10.6 Å². The van der Waals surface area contributed by atoms with Crippen LogP contribution in [0.3, 0.4) is 0 Å². The van der Waals surface area contributed by atoms with E-state index in [1.807, 2.05) is 60.7 Å². The van der Waals surface area contributed by atoms with Crippen molar-refractivity contribution in [3.8, 4) is 0 Å². The van der Waals surface area contributed by atoms with Crippen LogP contribution in [0.5, 0.6) is 0 Å². The highest BCUT2D eigenvalue weighted by atomic mass is 16.1. The van der Waals surface area contributed by atoms with Gasteiger partial charge in [-0.1, -0.05) is 60.7 Å². The number of rotatable bonds is 7. The number of amides is 1. The first-order chi connectivity index (χ1) is 14.2. The van der Waals surface area contributed by atoms with E-state index in [9.17, 15) is 4.79 Å². The second kappa shape index (κ2) is 8.95. The number of hydrogen-bond acceptors (Lipinski definition) is 2. The Kier molecular flexibility index (Phi) is 5.95. The third-order valence-corrected chi connectivity index (χ3v) is 5.99. The van der Waals surface area contributed by atoms with Crippen molar-refractivity contribution in [1.29, 1.82) is 0 Å². The Morgan fingerprint density at radius 3 is 2.10 bits per heavy atom. The average molecular weight is 385 g/mol. The third-order valence-electron chi connectivity index (χ3n) is 5.99. The Morgan fingerprint density at radius 2 is 1.48 bits per heavy atom. The molecule has 4 rings (SSSR count). The maximum atomic E-state index is 12.6. The predicted octanol–water partition coefficient (Wildman–Crippen LogP) is 5.58. The Morgan fingerprint density at radius 1 is 0.897 bits per heavy atom. The molecule has 1 aliphatic rings. The normalized spacial score (nSPS) is 16.6. The van der Waals surface area contributed by atoms with E-state index in [1.165, 1.54) is 24.0 Å². The second-order valence-corrected chi connectivity index (χ2v) is 7.82. The summed E-state index contributed by atoms with van der Waals surface area (Å²) in [6.45, 7) is 0. The molecule has 29 heavy (non-hydrogen) atoms. The van der Waals surface area contributed by atoms with Crippen molar-refractivity contribution in [1.82, 2.24) is 0 Å². The predicted molar refractivity (Wildman–Crippen MR) is 119 cm³/mol. The van der Waals surface area contributed by atoms with E-state index in [0.717, 1.165) is 30.6 Å². The molecule has 2 N–H and O–H groups in total. The van der Waals surface area contributed by atoms with Gasteiger partial charge >= 0.3 is 0 Å². The molecule has 1 amide bonds. The van der Waals surface area contributed by atoms with Gasteiger partial charge in [-0.05, 0) is 73.4 Å². The monoisotopic (exact) mass is 384 g/mol. The van der Waals surface area contributed by atoms with Crippen LogP contribution in [0.15, 0.2) is 84.9 Å². The molecule has 0 bridgehead atoms. The van der Waals surface area contributed by atoms with Crippen LogP contribution in [0.1, 0.15) is 42.7 Å². The molecule has 0 aliphatic heterocycles. The van der Waals surface area contributed by atoms with E-state index in [4.69, 9.17) is 5.73 Å². The molecule has 3 aromatic rings. The first-order valence-electron chi connectivity index (χ1n) is 10.5. The number of carbonyl (C=O) groups excluding carboxylic acids is 1. The number of nitrogens with zero attached hydrogens (tertiary/aromatic N) is 1. The molecule has 1 aliphatic carbocycles. The SMILES string of the molecule is NC(=O)C(CCC1CCCc2ccccc21)N(c1ccccc1)c1ccccc1. The lowest BCUT2D eigenvalue weighted by atomic mass is 9.80. The van der Waals surface area contributed by atoms with Gasteiger partial charge in [-0.15, -0.1) is 0 Å². The van der Waals surface area contributed by atoms with Gasteiger partial charge in [-0.25, -0.2) is 0 Å². The van der Waals surface area contributed by atoms with E-state index in [-0.39, 0.29) is 11.9 Å². The summed E-state index contributed by atoms with van der Waals surface area (Å²) in [7, 11) is 0. The van der Waals surface area contributed by atoms with Crippen molar-refractivity contribution in [2.75, 3.05) is 4.90 Å². The number of aryl methyl sites for hydroxylation is 1. The number of benzene rings is 3. The maximum absolute atomic E-state index is 12.6. The van der Waals surface area contributed by atoms with E-state index < -0.39 is 0 Å². The second-order valence-electron chi connectivity index (χ2n) is 7.82. The fourth-order valence-corrected chi connectivity index (χ4v) is 4.60. The lowest BCUT2D eigenvalue weighted by molar-refractivity contribution is -0.119. The largest absolute Gasteiger partial charge is 0.368 e. The fourth-order valence-electron chi connectivity index (χ4n) is 4.60. The summed E-state index contributed by atoms with van der Waals surface area (Å²) in [6, 6.07) is 28.5. The van der Waals surface area contributed by atoms with Gasteiger partial charge in [-0.2, -0.15) is 0 Å². The van der Waals surface area contributed by atoms with Crippen LogP contribution in [0.4, 0.5) is 11.4 Å². The van der Waals surface area contributed by atoms with E-state index >= 15 is 0 Å². The minimum Gasteiger partial charge on any atom is -0.368 e. The number of primary amides is 1. The first-order valence-corrected chi connectivity index (χ1v) is 10.5. The molecule has 148 valence electrons. The van der Waals surface area contributed by atoms with Crippen LogP contribution >= 0.6 is 0 Å². The molecule has 3 heteroatoms. The van der Waals surface area contributed by atoms with Crippen molar-refractivity contribution in [3.05, 3.63) is 96.1 Å². The molecule has 3 aromatic carbocycles. The van der Waals surface area contributed by atoms with Gasteiger partial charge in [0.1, 0.15) is 6.04 Å². The van der Waals surface area contributed by atoms with E-state index in [2.05, 4.69) is 29.2 Å². The van der Waals surface area contributed by atoms with E-state index in [1.54, 1.807) is 0 Å². The highest BCUT2D eigenvalue weighted by Crippen LogP contribution is 2.37. The molecular formula is C26H28N2O. The molecule has 0 fully saturated rings. The third kappa shape index (κ3) is 4.34. The van der Waals surface area contributed by atoms with Gasteiger partial charge in [0.05, 0.1) is 0 Å². The Labute approximate surface area is 173 Å². The molecule has 3 nitrogen and oxygen atoms in total. The fraction of sp³-hybridized carbons (Fsp3) is 0.269. The van der Waals surface area contributed by atoms with Crippen molar-refractivity contribution >= 4 is 17.3 Å². The molecular weight excluding hydrogens is 356 g/mol. The highest BCUT2D eigenvalue weighted by molar-refractivity contribution is 5.86. The van der Waals surface area contributed by atoms with Gasteiger partial charge in [-0.3, -0.25) is 4.79 Å². The topological polar surface area (TPSA) is 46.3 Å². The summed E-state index contributed by atoms with van der Waals surface area (Å²) >= 11 is 0. The minimum atomic E-state index is -0.381. The van der Waals surface area contributed by atoms with Gasteiger partial charge in [0.25, 0.3) is 0 Å².